The SMILES string of the molecule is ClC1CCCCC1CNCC1CCC2(CCCC2)O1. The van der Waals surface area contributed by atoms with Crippen LogP contribution in [0.15, 0.2) is 0 Å². The molecule has 3 unspecified atom stereocenters. The summed E-state index contributed by atoms with van der Waals surface area (Å²) in [5, 5.41) is 4.02. The van der Waals surface area contributed by atoms with Crippen molar-refractivity contribution in [2.24, 2.45) is 5.92 Å². The summed E-state index contributed by atoms with van der Waals surface area (Å²) in [6.07, 6.45) is 13.5. The van der Waals surface area contributed by atoms with E-state index >= 15 is 0 Å². The molecule has 3 aliphatic rings. The topological polar surface area (TPSA) is 21.3 Å². The maximum atomic E-state index is 6.41. The highest BCUT2D eigenvalue weighted by Crippen LogP contribution is 2.43. The highest BCUT2D eigenvalue weighted by Gasteiger charge is 2.41. The molecule has 3 rings (SSSR count). The summed E-state index contributed by atoms with van der Waals surface area (Å²) in [5.41, 5.74) is 0.284. The summed E-state index contributed by atoms with van der Waals surface area (Å²) >= 11 is 6.41. The van der Waals surface area contributed by atoms with Gasteiger partial charge in [-0.05, 0) is 51.0 Å². The van der Waals surface area contributed by atoms with Gasteiger partial charge in [0.2, 0.25) is 0 Å². The minimum Gasteiger partial charge on any atom is -0.370 e. The molecule has 1 N–H and O–H groups in total. The van der Waals surface area contributed by atoms with Crippen molar-refractivity contribution >= 4 is 11.6 Å². The first-order chi connectivity index (χ1) is 9.27. The summed E-state index contributed by atoms with van der Waals surface area (Å²) in [7, 11) is 0. The van der Waals surface area contributed by atoms with Gasteiger partial charge in [0.25, 0.3) is 0 Å². The molecule has 3 fully saturated rings. The van der Waals surface area contributed by atoms with Crippen molar-refractivity contribution in [2.45, 2.75) is 81.3 Å². The van der Waals surface area contributed by atoms with Crippen LogP contribution in [0.5, 0.6) is 0 Å². The predicted molar refractivity (Wildman–Crippen MR) is 79.8 cm³/mol. The van der Waals surface area contributed by atoms with Crippen LogP contribution in [-0.2, 0) is 4.74 Å². The lowest BCUT2D eigenvalue weighted by atomic mass is 9.89. The molecule has 110 valence electrons. The van der Waals surface area contributed by atoms with Crippen LogP contribution in [0.25, 0.3) is 0 Å². The Bertz CT molecular complexity index is 290. The van der Waals surface area contributed by atoms with E-state index in [0.717, 1.165) is 13.1 Å². The lowest BCUT2D eigenvalue weighted by Gasteiger charge is -2.28. The van der Waals surface area contributed by atoms with Crippen molar-refractivity contribution in [3.05, 3.63) is 0 Å². The van der Waals surface area contributed by atoms with Gasteiger partial charge >= 0.3 is 0 Å². The standard InChI is InChI=1S/C16H28ClNO/c17-15-6-2-1-5-13(15)11-18-12-14-7-10-16(19-14)8-3-4-9-16/h13-15,18H,1-12H2. The Kier molecular flexibility index (Phi) is 4.71. The molecule has 1 saturated heterocycles. The lowest BCUT2D eigenvalue weighted by Crippen LogP contribution is -2.36. The molecule has 0 radical (unpaired) electrons. The molecule has 3 heteroatoms. The molecule has 0 bridgehead atoms. The van der Waals surface area contributed by atoms with E-state index in [-0.39, 0.29) is 5.60 Å². The van der Waals surface area contributed by atoms with E-state index in [1.807, 2.05) is 0 Å². The highest BCUT2D eigenvalue weighted by molar-refractivity contribution is 6.20. The molecule has 1 spiro atoms. The fourth-order valence-corrected chi connectivity index (χ4v) is 4.62. The van der Waals surface area contributed by atoms with Crippen molar-refractivity contribution in [2.75, 3.05) is 13.1 Å². The van der Waals surface area contributed by atoms with Crippen LogP contribution in [0.3, 0.4) is 0 Å². The number of halogens is 1. The quantitative estimate of drug-likeness (QED) is 0.792. The normalized spacial score (nSPS) is 38.1. The zero-order valence-electron chi connectivity index (χ0n) is 12.0. The Balaban J connectivity index is 1.36. The van der Waals surface area contributed by atoms with Crippen LogP contribution in [0, 0.1) is 5.92 Å². The van der Waals surface area contributed by atoms with Gasteiger partial charge in [-0.25, -0.2) is 0 Å². The molecular weight excluding hydrogens is 258 g/mol. The van der Waals surface area contributed by atoms with Crippen LogP contribution in [0.2, 0.25) is 0 Å². The van der Waals surface area contributed by atoms with Crippen LogP contribution < -0.4 is 5.32 Å². The minimum absolute atomic E-state index is 0.284. The molecule has 0 aromatic rings. The van der Waals surface area contributed by atoms with Crippen molar-refractivity contribution in [1.29, 1.82) is 0 Å². The Morgan fingerprint density at radius 2 is 1.74 bits per heavy atom. The van der Waals surface area contributed by atoms with E-state index in [9.17, 15) is 0 Å². The van der Waals surface area contributed by atoms with Gasteiger partial charge in [0, 0.05) is 11.9 Å². The number of ether oxygens (including phenoxy) is 1. The summed E-state index contributed by atoms with van der Waals surface area (Å²) < 4.78 is 6.33. The maximum absolute atomic E-state index is 6.41. The van der Waals surface area contributed by atoms with E-state index in [1.54, 1.807) is 0 Å². The fraction of sp³-hybridized carbons (Fsp3) is 1.00. The predicted octanol–water partition coefficient (Wildman–Crippen LogP) is 3.87. The summed E-state index contributed by atoms with van der Waals surface area (Å²) in [4.78, 5) is 0. The molecule has 0 aromatic heterocycles. The second-order valence-corrected chi connectivity index (χ2v) is 7.45. The van der Waals surface area contributed by atoms with Crippen molar-refractivity contribution in [3.63, 3.8) is 0 Å². The van der Waals surface area contributed by atoms with Crippen LogP contribution >= 0.6 is 11.6 Å². The third-order valence-electron chi connectivity index (χ3n) is 5.45. The first-order valence-corrected chi connectivity index (χ1v) is 8.74. The van der Waals surface area contributed by atoms with Gasteiger partial charge in [-0.15, -0.1) is 11.6 Å². The molecule has 3 atom stereocenters. The third-order valence-corrected chi connectivity index (χ3v) is 6.02. The molecular formula is C16H28ClNO. The number of alkyl halides is 1. The van der Waals surface area contributed by atoms with Crippen LogP contribution in [0.1, 0.15) is 64.2 Å². The second kappa shape index (κ2) is 6.32. The van der Waals surface area contributed by atoms with E-state index in [1.165, 1.54) is 64.2 Å². The molecule has 0 aromatic carbocycles. The number of hydrogen-bond donors (Lipinski definition) is 1. The van der Waals surface area contributed by atoms with E-state index in [2.05, 4.69) is 5.32 Å². The maximum Gasteiger partial charge on any atom is 0.0708 e. The molecule has 1 aliphatic heterocycles. The first kappa shape index (κ1) is 14.2. The monoisotopic (exact) mass is 285 g/mol. The van der Waals surface area contributed by atoms with Crippen molar-refractivity contribution in [1.82, 2.24) is 5.32 Å². The summed E-state index contributed by atoms with van der Waals surface area (Å²) in [6, 6.07) is 0. The molecule has 19 heavy (non-hydrogen) atoms. The summed E-state index contributed by atoms with van der Waals surface area (Å²) in [5.74, 6) is 0.678. The molecule has 2 nitrogen and oxygen atoms in total. The average molecular weight is 286 g/mol. The van der Waals surface area contributed by atoms with Gasteiger partial charge in [0.05, 0.1) is 11.7 Å². The van der Waals surface area contributed by atoms with Gasteiger partial charge in [-0.1, -0.05) is 25.7 Å². The second-order valence-electron chi connectivity index (χ2n) is 6.89. The first-order valence-electron chi connectivity index (χ1n) is 8.30. The zero-order chi connectivity index (χ0) is 13.1. The highest BCUT2D eigenvalue weighted by atomic mass is 35.5. The van der Waals surface area contributed by atoms with Gasteiger partial charge in [-0.2, -0.15) is 0 Å². The van der Waals surface area contributed by atoms with Crippen molar-refractivity contribution < 1.29 is 4.74 Å². The van der Waals surface area contributed by atoms with Gasteiger partial charge in [0.1, 0.15) is 0 Å². The Morgan fingerprint density at radius 3 is 2.53 bits per heavy atom. The van der Waals surface area contributed by atoms with E-state index < -0.39 is 0 Å². The average Bonchev–Trinajstić information content (AvgIpc) is 3.03. The smallest absolute Gasteiger partial charge is 0.0708 e. The molecule has 0 amide bonds. The van der Waals surface area contributed by atoms with Gasteiger partial charge < -0.3 is 10.1 Å². The zero-order valence-corrected chi connectivity index (χ0v) is 12.8. The minimum atomic E-state index is 0.284. The summed E-state index contributed by atoms with van der Waals surface area (Å²) in [6.45, 7) is 2.11. The van der Waals surface area contributed by atoms with Crippen molar-refractivity contribution in [3.8, 4) is 0 Å². The Labute approximate surface area is 122 Å². The number of nitrogens with one attached hydrogen (secondary N) is 1. The molecule has 2 saturated carbocycles. The van der Waals surface area contributed by atoms with Crippen LogP contribution in [-0.4, -0.2) is 30.2 Å². The molecule has 1 heterocycles. The Hall–Kier alpha value is 0.210. The van der Waals surface area contributed by atoms with Crippen LogP contribution in [0.4, 0.5) is 0 Å². The van der Waals surface area contributed by atoms with Gasteiger partial charge in [0.15, 0.2) is 0 Å². The number of rotatable bonds is 4. The Morgan fingerprint density at radius 1 is 0.947 bits per heavy atom. The van der Waals surface area contributed by atoms with Gasteiger partial charge in [-0.3, -0.25) is 0 Å². The fourth-order valence-electron chi connectivity index (χ4n) is 4.25. The van der Waals surface area contributed by atoms with E-state index in [0.29, 0.717) is 17.4 Å². The largest absolute Gasteiger partial charge is 0.370 e. The third kappa shape index (κ3) is 3.46. The number of hydrogen-bond acceptors (Lipinski definition) is 2. The van der Waals surface area contributed by atoms with E-state index in [4.69, 9.17) is 16.3 Å². The lowest BCUT2D eigenvalue weighted by molar-refractivity contribution is -0.0353. The molecule has 2 aliphatic carbocycles.